The van der Waals surface area contributed by atoms with E-state index in [2.05, 4.69) is 10.6 Å². The quantitative estimate of drug-likeness (QED) is 0.612. The van der Waals surface area contributed by atoms with Gasteiger partial charge >= 0.3 is 0 Å². The van der Waals surface area contributed by atoms with Crippen LogP contribution in [0.2, 0.25) is 5.02 Å². The van der Waals surface area contributed by atoms with E-state index in [-0.39, 0.29) is 18.4 Å². The molecule has 1 saturated carbocycles. The lowest BCUT2D eigenvalue weighted by Crippen LogP contribution is -2.39. The average molecular weight is 456 g/mol. The second-order valence-electron chi connectivity index (χ2n) is 8.01. The van der Waals surface area contributed by atoms with E-state index in [0.717, 1.165) is 41.1 Å². The highest BCUT2D eigenvalue weighted by atomic mass is 35.5. The van der Waals surface area contributed by atoms with Crippen LogP contribution in [0, 0.1) is 0 Å². The molecule has 1 atom stereocenters. The molecule has 0 bridgehead atoms. The number of ether oxygens (including phenoxy) is 1. The molecule has 1 heterocycles. The molecule has 31 heavy (non-hydrogen) atoms. The molecule has 2 aromatic rings. The van der Waals surface area contributed by atoms with Crippen molar-refractivity contribution in [3.8, 4) is 5.75 Å². The van der Waals surface area contributed by atoms with Gasteiger partial charge in [0.15, 0.2) is 0 Å². The van der Waals surface area contributed by atoms with E-state index in [0.29, 0.717) is 10.0 Å². The molecule has 2 aromatic carbocycles. The Hall–Kier alpha value is -2.44. The van der Waals surface area contributed by atoms with Gasteiger partial charge in [-0.15, -0.1) is 0 Å². The van der Waals surface area contributed by atoms with Crippen LogP contribution in [0.5, 0.6) is 5.75 Å². The number of aliphatic imine (C=N–C) groups is 1. The number of thiocarbonyl (C=S) groups is 1. The minimum Gasteiger partial charge on any atom is -0.497 e. The summed E-state index contributed by atoms with van der Waals surface area (Å²) in [6, 6.07) is 13.1. The van der Waals surface area contributed by atoms with Crippen molar-refractivity contribution in [2.45, 2.75) is 50.6 Å². The zero-order chi connectivity index (χ0) is 21.8. The maximum atomic E-state index is 12.8. The van der Waals surface area contributed by atoms with Crippen LogP contribution >= 0.6 is 23.8 Å². The first-order valence-electron chi connectivity index (χ1n) is 10.7. The topological polar surface area (TPSA) is 62.7 Å². The number of carbonyl (C=O) groups excluding carboxylic acids is 1. The van der Waals surface area contributed by atoms with E-state index < -0.39 is 6.04 Å². The number of rotatable bonds is 5. The van der Waals surface area contributed by atoms with Crippen molar-refractivity contribution in [3.05, 3.63) is 58.6 Å². The molecular weight excluding hydrogens is 430 g/mol. The van der Waals surface area contributed by atoms with E-state index in [4.69, 9.17) is 33.5 Å². The zero-order valence-electron chi connectivity index (χ0n) is 17.5. The second kappa shape index (κ2) is 9.79. The van der Waals surface area contributed by atoms with Gasteiger partial charge in [-0.05, 0) is 43.2 Å². The number of anilines is 1. The van der Waals surface area contributed by atoms with Crippen molar-refractivity contribution in [1.29, 1.82) is 0 Å². The van der Waals surface area contributed by atoms with Crippen LogP contribution in [0.3, 0.4) is 0 Å². The molecule has 1 amide bonds. The Balaban J connectivity index is 1.66. The molecule has 1 aliphatic heterocycles. The van der Waals surface area contributed by atoms with Crippen molar-refractivity contribution in [2.75, 3.05) is 12.4 Å². The number of carbonyl (C=O) groups is 1. The summed E-state index contributed by atoms with van der Waals surface area (Å²) < 4.78 is 5.43. The van der Waals surface area contributed by atoms with Crippen LogP contribution in [0.25, 0.3) is 0 Å². The predicted molar refractivity (Wildman–Crippen MR) is 130 cm³/mol. The lowest BCUT2D eigenvalue weighted by Gasteiger charge is -2.23. The predicted octanol–water partition coefficient (Wildman–Crippen LogP) is 5.15. The first-order valence-corrected chi connectivity index (χ1v) is 11.4. The van der Waals surface area contributed by atoms with Gasteiger partial charge in [0.1, 0.15) is 16.8 Å². The SMILES string of the molecule is COc1ccc2c(c1)C(c1ccc(Cl)cc1)=NC(CC(=O)NC1CCCCC1)C(=S)N2. The second-order valence-corrected chi connectivity index (χ2v) is 8.88. The molecule has 7 heteroatoms. The number of amides is 1. The van der Waals surface area contributed by atoms with Gasteiger partial charge in [-0.1, -0.05) is 55.2 Å². The molecule has 4 rings (SSSR count). The third-order valence-electron chi connectivity index (χ3n) is 5.79. The van der Waals surface area contributed by atoms with Gasteiger partial charge in [-0.3, -0.25) is 9.79 Å². The molecular formula is C24H26ClN3O2S. The number of benzene rings is 2. The number of nitrogens with zero attached hydrogens (tertiary/aromatic N) is 1. The van der Waals surface area contributed by atoms with Gasteiger partial charge in [0.25, 0.3) is 0 Å². The fourth-order valence-electron chi connectivity index (χ4n) is 4.14. The highest BCUT2D eigenvalue weighted by Crippen LogP contribution is 2.29. The van der Waals surface area contributed by atoms with E-state index in [1.54, 1.807) is 7.11 Å². The van der Waals surface area contributed by atoms with Gasteiger partial charge in [0, 0.05) is 27.9 Å². The molecule has 0 saturated heterocycles. The minimum atomic E-state index is -0.456. The Bertz CT molecular complexity index is 1000. The molecule has 5 nitrogen and oxygen atoms in total. The van der Waals surface area contributed by atoms with Crippen LogP contribution in [-0.4, -0.2) is 35.8 Å². The van der Waals surface area contributed by atoms with Crippen molar-refractivity contribution < 1.29 is 9.53 Å². The summed E-state index contributed by atoms with van der Waals surface area (Å²) in [6.07, 6.45) is 5.89. The van der Waals surface area contributed by atoms with E-state index >= 15 is 0 Å². The average Bonchev–Trinajstić information content (AvgIpc) is 2.91. The number of hydrogen-bond acceptors (Lipinski definition) is 4. The molecule has 2 N–H and O–H groups in total. The summed E-state index contributed by atoms with van der Waals surface area (Å²) in [5.41, 5.74) is 3.38. The van der Waals surface area contributed by atoms with Crippen LogP contribution in [0.4, 0.5) is 5.69 Å². The smallest absolute Gasteiger partial charge is 0.222 e. The van der Waals surface area contributed by atoms with Crippen LogP contribution in [-0.2, 0) is 4.79 Å². The normalized spacial score (nSPS) is 19.0. The van der Waals surface area contributed by atoms with Crippen LogP contribution < -0.4 is 15.4 Å². The highest BCUT2D eigenvalue weighted by Gasteiger charge is 2.27. The van der Waals surface area contributed by atoms with Gasteiger partial charge < -0.3 is 15.4 Å². The molecule has 162 valence electrons. The Morgan fingerprint density at radius 3 is 2.65 bits per heavy atom. The number of hydrogen-bond donors (Lipinski definition) is 2. The summed E-state index contributed by atoms with van der Waals surface area (Å²) in [5, 5.41) is 7.13. The van der Waals surface area contributed by atoms with E-state index in [1.807, 2.05) is 42.5 Å². The van der Waals surface area contributed by atoms with Gasteiger partial charge in [0.05, 0.1) is 19.2 Å². The summed E-state index contributed by atoms with van der Waals surface area (Å²) in [4.78, 5) is 18.3. The number of benzodiazepines with no additional fused rings is 1. The first-order chi connectivity index (χ1) is 15.0. The van der Waals surface area contributed by atoms with Crippen LogP contribution in [0.1, 0.15) is 49.7 Å². The Labute approximate surface area is 193 Å². The summed E-state index contributed by atoms with van der Waals surface area (Å²) in [5.74, 6) is 0.713. The summed E-state index contributed by atoms with van der Waals surface area (Å²) >= 11 is 11.7. The first kappa shape index (κ1) is 21.8. The Kier molecular flexibility index (Phi) is 6.88. The monoisotopic (exact) mass is 455 g/mol. The summed E-state index contributed by atoms with van der Waals surface area (Å²) in [7, 11) is 1.63. The zero-order valence-corrected chi connectivity index (χ0v) is 19.1. The largest absolute Gasteiger partial charge is 0.497 e. The molecule has 0 aromatic heterocycles. The number of nitrogens with one attached hydrogen (secondary N) is 2. The van der Waals surface area contributed by atoms with Gasteiger partial charge in [0.2, 0.25) is 5.91 Å². The number of fused-ring (bicyclic) bond motifs is 1. The maximum absolute atomic E-state index is 12.8. The molecule has 0 radical (unpaired) electrons. The number of halogens is 1. The summed E-state index contributed by atoms with van der Waals surface area (Å²) in [6.45, 7) is 0. The molecule has 1 unspecified atom stereocenters. The Morgan fingerprint density at radius 2 is 1.94 bits per heavy atom. The van der Waals surface area contributed by atoms with Crippen molar-refractivity contribution >= 4 is 46.1 Å². The third-order valence-corrected chi connectivity index (χ3v) is 6.42. The lowest BCUT2D eigenvalue weighted by molar-refractivity contribution is -0.122. The number of methoxy groups -OCH3 is 1. The maximum Gasteiger partial charge on any atom is 0.222 e. The van der Waals surface area contributed by atoms with E-state index in [9.17, 15) is 4.79 Å². The molecule has 1 fully saturated rings. The van der Waals surface area contributed by atoms with Crippen molar-refractivity contribution in [3.63, 3.8) is 0 Å². The Morgan fingerprint density at radius 1 is 1.19 bits per heavy atom. The van der Waals surface area contributed by atoms with Gasteiger partial charge in [-0.25, -0.2) is 0 Å². The third kappa shape index (κ3) is 5.25. The standard InChI is InChI=1S/C24H26ClN3O2S/c1-30-18-11-12-20-19(13-18)23(15-7-9-16(25)10-8-15)27-21(24(31)28-20)14-22(29)26-17-5-3-2-4-6-17/h7-13,17,21H,2-6,14H2,1H3,(H,26,29)(H,28,31). The van der Waals surface area contributed by atoms with Crippen molar-refractivity contribution in [2.24, 2.45) is 4.99 Å². The fraction of sp³-hybridized carbons (Fsp3) is 0.375. The molecule has 0 spiro atoms. The lowest BCUT2D eigenvalue weighted by atomic mass is 9.95. The minimum absolute atomic E-state index is 0.0104. The highest BCUT2D eigenvalue weighted by molar-refractivity contribution is 7.80. The van der Waals surface area contributed by atoms with Gasteiger partial charge in [-0.2, -0.15) is 0 Å². The van der Waals surface area contributed by atoms with E-state index in [1.165, 1.54) is 19.3 Å². The van der Waals surface area contributed by atoms with Crippen molar-refractivity contribution in [1.82, 2.24) is 5.32 Å². The fourth-order valence-corrected chi connectivity index (χ4v) is 4.51. The molecule has 1 aliphatic carbocycles. The van der Waals surface area contributed by atoms with Crippen LogP contribution in [0.15, 0.2) is 47.5 Å². The molecule has 2 aliphatic rings.